The molecule has 0 amide bonds. The lowest BCUT2D eigenvalue weighted by Gasteiger charge is -2.20. The molecule has 2 aromatic rings. The molecule has 0 saturated heterocycles. The van der Waals surface area contributed by atoms with E-state index in [9.17, 15) is 0 Å². The highest BCUT2D eigenvalue weighted by molar-refractivity contribution is 8.35. The van der Waals surface area contributed by atoms with Crippen molar-refractivity contribution in [2.45, 2.75) is 11.5 Å². The lowest BCUT2D eigenvalue weighted by atomic mass is 10.2. The Bertz CT molecular complexity index is 530. The highest BCUT2D eigenvalue weighted by atomic mass is 32.2. The molecule has 0 aliphatic heterocycles. The second kappa shape index (κ2) is 9.71. The summed E-state index contributed by atoms with van der Waals surface area (Å²) < 4.78 is 1.66. The second-order valence-electron chi connectivity index (χ2n) is 6.85. The van der Waals surface area contributed by atoms with Gasteiger partial charge in [0.2, 0.25) is 0 Å². The number of hydrogen-bond acceptors (Lipinski definition) is 1. The molecule has 0 heterocycles. The van der Waals surface area contributed by atoms with Crippen molar-refractivity contribution in [1.29, 1.82) is 0 Å². The summed E-state index contributed by atoms with van der Waals surface area (Å²) >= 11 is 5.22. The first-order valence-corrected chi connectivity index (χ1v) is 9.79. The molecule has 2 rings (SSSR count). The van der Waals surface area contributed by atoms with Crippen LogP contribution in [0, 0.1) is 0 Å². The van der Waals surface area contributed by atoms with Gasteiger partial charge in [-0.2, -0.15) is 10.9 Å². The molecule has 0 aromatic heterocycles. The summed E-state index contributed by atoms with van der Waals surface area (Å²) in [5, 5.41) is 0. The average molecular weight is 350 g/mol. The van der Waals surface area contributed by atoms with E-state index in [1.54, 1.807) is 0 Å². The molecule has 0 fully saturated rings. The monoisotopic (exact) mass is 349 g/mol. The van der Waals surface area contributed by atoms with Crippen LogP contribution in [0.5, 0.6) is 0 Å². The van der Waals surface area contributed by atoms with E-state index in [0.29, 0.717) is 4.32 Å². The third kappa shape index (κ3) is 10.1. The van der Waals surface area contributed by atoms with Crippen molar-refractivity contribution in [2.75, 3.05) is 28.2 Å². The van der Waals surface area contributed by atoms with Gasteiger partial charge in [-0.25, -0.2) is 0 Å². The summed E-state index contributed by atoms with van der Waals surface area (Å²) in [6.45, 7) is 0. The molecular weight excluding hydrogens is 320 g/mol. The molecular formula is C19H29N2S2+. The first kappa shape index (κ1) is 19.7. The molecule has 23 heavy (non-hydrogen) atoms. The minimum absolute atomic E-state index is 0.463. The fourth-order valence-electron chi connectivity index (χ4n) is 1.82. The Labute approximate surface area is 149 Å². The number of rotatable bonds is 4. The minimum Gasteiger partial charge on any atom is -0.386 e. The lowest BCUT2D eigenvalue weighted by molar-refractivity contribution is -0.849. The zero-order valence-electron chi connectivity index (χ0n) is 14.6. The van der Waals surface area contributed by atoms with Crippen molar-refractivity contribution in [1.82, 2.24) is 0 Å². The molecule has 0 atom stereocenters. The molecule has 2 nitrogen and oxygen atoms in total. The molecule has 0 spiro atoms. The number of quaternary nitrogens is 1. The van der Waals surface area contributed by atoms with Crippen LogP contribution in [0.25, 0.3) is 0 Å². The first-order valence-electron chi connectivity index (χ1n) is 7.67. The van der Waals surface area contributed by atoms with E-state index in [2.05, 4.69) is 76.7 Å². The zero-order chi connectivity index (χ0) is 17.3. The molecule has 0 bridgehead atoms. The summed E-state index contributed by atoms with van der Waals surface area (Å²) in [5.41, 5.74) is 8.52. The van der Waals surface area contributed by atoms with Gasteiger partial charge in [-0.3, -0.25) is 0 Å². The first-order chi connectivity index (χ1) is 10.8. The Morgan fingerprint density at radius 3 is 1.39 bits per heavy atom. The Hall–Kier alpha value is -1.36. The van der Waals surface area contributed by atoms with Gasteiger partial charge in [0.1, 0.15) is 4.32 Å². The van der Waals surface area contributed by atoms with E-state index in [1.807, 2.05) is 12.1 Å². The van der Waals surface area contributed by atoms with Crippen molar-refractivity contribution in [3.8, 4) is 0 Å². The number of thiol groups is 1. The van der Waals surface area contributed by atoms with Crippen LogP contribution in [-0.4, -0.2) is 37.0 Å². The Kier molecular flexibility index (Phi) is 8.31. The topological polar surface area (TPSA) is 26.0 Å². The van der Waals surface area contributed by atoms with Crippen LogP contribution in [0.1, 0.15) is 11.1 Å². The second-order valence-corrected chi connectivity index (χ2v) is 9.79. The van der Waals surface area contributed by atoms with Gasteiger partial charge >= 0.3 is 0 Å². The zero-order valence-corrected chi connectivity index (χ0v) is 16.3. The normalized spacial score (nSPS) is 11.2. The van der Waals surface area contributed by atoms with Crippen LogP contribution in [0.3, 0.4) is 0 Å². The fraction of sp³-hybridized carbons (Fsp3) is 0.316. The third-order valence-corrected chi connectivity index (χ3v) is 5.64. The Balaban J connectivity index is 0.000000463. The van der Waals surface area contributed by atoms with E-state index in [1.165, 1.54) is 11.1 Å². The Morgan fingerprint density at radius 2 is 1.13 bits per heavy atom. The molecule has 0 saturated carbocycles. The maximum atomic E-state index is 5.89. The number of nitrogens with zero attached hydrogens (tertiary/aromatic N) is 1. The molecule has 4 heteroatoms. The van der Waals surface area contributed by atoms with Crippen LogP contribution in [-0.2, 0) is 11.5 Å². The van der Waals surface area contributed by atoms with Gasteiger partial charge in [0.15, 0.2) is 0 Å². The van der Waals surface area contributed by atoms with E-state index < -0.39 is 10.9 Å². The third-order valence-electron chi connectivity index (χ3n) is 2.74. The van der Waals surface area contributed by atoms with Gasteiger partial charge in [-0.15, -0.1) is 0 Å². The quantitative estimate of drug-likeness (QED) is 0.496. The maximum Gasteiger partial charge on any atom is 0.111 e. The van der Waals surface area contributed by atoms with E-state index in [-0.39, 0.29) is 0 Å². The summed E-state index contributed by atoms with van der Waals surface area (Å²) in [5.74, 6) is 1.95. The van der Waals surface area contributed by atoms with Crippen LogP contribution < -0.4 is 5.73 Å². The van der Waals surface area contributed by atoms with Gasteiger partial charge in [0.25, 0.3) is 0 Å². The molecule has 0 aliphatic rings. The number of nitrogens with two attached hydrogens (primary N) is 1. The van der Waals surface area contributed by atoms with Gasteiger partial charge in [0.05, 0.1) is 28.2 Å². The van der Waals surface area contributed by atoms with Crippen molar-refractivity contribution in [2.24, 2.45) is 5.73 Å². The largest absolute Gasteiger partial charge is 0.386 e. The molecule has 126 valence electrons. The predicted molar refractivity (Wildman–Crippen MR) is 110 cm³/mol. The van der Waals surface area contributed by atoms with Crippen LogP contribution in [0.4, 0.5) is 0 Å². The highest BCUT2D eigenvalue weighted by Crippen LogP contribution is 2.34. The summed E-state index contributed by atoms with van der Waals surface area (Å²) in [4.78, 5) is 0. The molecule has 2 aromatic carbocycles. The van der Waals surface area contributed by atoms with Crippen LogP contribution in [0.15, 0.2) is 60.7 Å². The number of hydrogen-bond donors (Lipinski definition) is 2. The summed E-state index contributed by atoms with van der Waals surface area (Å²) in [6.07, 6.45) is 0. The predicted octanol–water partition coefficient (Wildman–Crippen LogP) is 3.95. The SMILES string of the molecule is C[N+](C)(C)C.NC(=S)[SH](Cc1ccccc1)Cc1ccccc1. The molecule has 2 N–H and O–H groups in total. The van der Waals surface area contributed by atoms with E-state index in [4.69, 9.17) is 18.0 Å². The molecule has 0 radical (unpaired) electrons. The number of thiocarbonyl (C=S) groups is 1. The maximum absolute atomic E-state index is 5.89. The standard InChI is InChI=1S/C15H17NS2.C4H12N/c16-15(17)18(11-13-7-3-1-4-8-13)12-14-9-5-2-6-10-14;1-5(2,3)4/h1-10,18H,11-12H2,(H2,16,17);1-4H3/q;+1. The van der Waals surface area contributed by atoms with Crippen LogP contribution in [0.2, 0.25) is 0 Å². The fourth-order valence-corrected chi connectivity index (χ4v) is 3.93. The van der Waals surface area contributed by atoms with Crippen molar-refractivity contribution in [3.05, 3.63) is 71.8 Å². The molecule has 0 aliphatic carbocycles. The van der Waals surface area contributed by atoms with Crippen molar-refractivity contribution in [3.63, 3.8) is 0 Å². The van der Waals surface area contributed by atoms with Gasteiger partial charge in [0, 0.05) is 11.5 Å². The smallest absolute Gasteiger partial charge is 0.111 e. The van der Waals surface area contributed by atoms with E-state index >= 15 is 0 Å². The summed E-state index contributed by atoms with van der Waals surface area (Å²) in [6, 6.07) is 20.9. The van der Waals surface area contributed by atoms with E-state index in [0.717, 1.165) is 16.0 Å². The number of benzene rings is 2. The van der Waals surface area contributed by atoms with Gasteiger partial charge in [-0.1, -0.05) is 72.9 Å². The highest BCUT2D eigenvalue weighted by Gasteiger charge is 2.09. The Morgan fingerprint density at radius 1 is 0.826 bits per heavy atom. The lowest BCUT2D eigenvalue weighted by Crippen LogP contribution is -2.27. The van der Waals surface area contributed by atoms with Gasteiger partial charge in [-0.05, 0) is 11.1 Å². The average Bonchev–Trinajstić information content (AvgIpc) is 2.47. The minimum atomic E-state index is -0.463. The van der Waals surface area contributed by atoms with Crippen LogP contribution >= 0.6 is 23.1 Å². The van der Waals surface area contributed by atoms with Crippen molar-refractivity contribution < 1.29 is 4.48 Å². The van der Waals surface area contributed by atoms with Gasteiger partial charge < -0.3 is 10.2 Å². The van der Waals surface area contributed by atoms with Crippen molar-refractivity contribution >= 4 is 27.4 Å². The molecule has 0 unspecified atom stereocenters. The summed E-state index contributed by atoms with van der Waals surface area (Å²) in [7, 11) is 8.04.